The Morgan fingerprint density at radius 2 is 1.89 bits per heavy atom. The maximum absolute atomic E-state index is 13.9. The molecule has 1 atom stereocenters. The Morgan fingerprint density at radius 3 is 2.50 bits per heavy atom. The van der Waals surface area contributed by atoms with Gasteiger partial charge in [-0.1, -0.05) is 25.0 Å². The molecule has 0 radical (unpaired) electrons. The minimum absolute atomic E-state index is 0.141. The molecule has 1 saturated carbocycles. The second-order valence-electron chi connectivity index (χ2n) is 5.18. The average Bonchev–Trinajstić information content (AvgIpc) is 2.60. The Balaban J connectivity index is 2.16. The lowest BCUT2D eigenvalue weighted by Gasteiger charge is -2.21. The summed E-state index contributed by atoms with van der Waals surface area (Å²) in [6.45, 7) is 1.86. The highest BCUT2D eigenvalue weighted by molar-refractivity contribution is 5.37. The summed E-state index contributed by atoms with van der Waals surface area (Å²) >= 11 is 0. The predicted molar refractivity (Wildman–Crippen MR) is 71.1 cm³/mol. The van der Waals surface area contributed by atoms with Gasteiger partial charge in [0, 0.05) is 11.6 Å². The molecule has 0 amide bonds. The van der Waals surface area contributed by atoms with E-state index in [-0.39, 0.29) is 18.0 Å². The molecule has 0 spiro atoms. The smallest absolute Gasteiger partial charge is 0.165 e. The number of benzene rings is 1. The molecule has 1 aromatic rings. The topological polar surface area (TPSA) is 35.2 Å². The fraction of sp³-hybridized carbons (Fsp3) is 0.600. The van der Waals surface area contributed by atoms with Gasteiger partial charge in [0.1, 0.15) is 0 Å². The number of hydrogen-bond acceptors (Lipinski definition) is 2. The molecule has 2 nitrogen and oxygen atoms in total. The zero-order valence-electron chi connectivity index (χ0n) is 11.0. The first kappa shape index (κ1) is 13.3. The van der Waals surface area contributed by atoms with E-state index in [1.807, 2.05) is 13.0 Å². The molecule has 0 aliphatic heterocycles. The number of halogens is 1. The summed E-state index contributed by atoms with van der Waals surface area (Å²) in [6, 6.07) is 4.77. The number of hydrogen-bond donors (Lipinski definition) is 1. The fourth-order valence-corrected chi connectivity index (χ4v) is 2.53. The second-order valence-corrected chi connectivity index (χ2v) is 5.18. The Bertz CT molecular complexity index is 384. The number of para-hydroxylation sites is 1. The highest BCUT2D eigenvalue weighted by Gasteiger charge is 2.19. The van der Waals surface area contributed by atoms with E-state index < -0.39 is 0 Å². The van der Waals surface area contributed by atoms with Crippen molar-refractivity contribution in [1.29, 1.82) is 0 Å². The van der Waals surface area contributed by atoms with E-state index in [1.54, 1.807) is 6.07 Å². The van der Waals surface area contributed by atoms with Crippen molar-refractivity contribution in [2.24, 2.45) is 5.73 Å². The van der Waals surface area contributed by atoms with Crippen LogP contribution in [0, 0.1) is 5.82 Å². The van der Waals surface area contributed by atoms with Crippen LogP contribution in [0.5, 0.6) is 5.75 Å². The SMILES string of the molecule is CC(N)c1cccc(F)c1OC1CCCCCC1. The first-order valence-corrected chi connectivity index (χ1v) is 6.89. The van der Waals surface area contributed by atoms with Crippen LogP contribution in [-0.4, -0.2) is 6.10 Å². The lowest BCUT2D eigenvalue weighted by atomic mass is 10.1. The average molecular weight is 251 g/mol. The summed E-state index contributed by atoms with van der Waals surface area (Å²) in [5, 5.41) is 0. The van der Waals surface area contributed by atoms with E-state index in [2.05, 4.69) is 0 Å². The lowest BCUT2D eigenvalue weighted by molar-refractivity contribution is 0.173. The normalized spacial score (nSPS) is 19.3. The monoisotopic (exact) mass is 251 g/mol. The molecule has 3 heteroatoms. The molecule has 1 unspecified atom stereocenters. The molecular formula is C15H22FNO. The van der Waals surface area contributed by atoms with Crippen molar-refractivity contribution in [1.82, 2.24) is 0 Å². The maximum Gasteiger partial charge on any atom is 0.165 e. The molecule has 1 aliphatic carbocycles. The number of rotatable bonds is 3. The van der Waals surface area contributed by atoms with E-state index in [9.17, 15) is 4.39 Å². The minimum atomic E-state index is -0.297. The van der Waals surface area contributed by atoms with Gasteiger partial charge in [0.05, 0.1) is 6.10 Å². The first-order chi connectivity index (χ1) is 8.68. The lowest BCUT2D eigenvalue weighted by Crippen LogP contribution is -2.18. The third-order valence-corrected chi connectivity index (χ3v) is 3.57. The van der Waals surface area contributed by atoms with Crippen LogP contribution in [0.1, 0.15) is 57.1 Å². The van der Waals surface area contributed by atoms with Crippen LogP contribution in [0.2, 0.25) is 0 Å². The zero-order chi connectivity index (χ0) is 13.0. The Morgan fingerprint density at radius 1 is 1.22 bits per heavy atom. The van der Waals surface area contributed by atoms with Crippen LogP contribution in [0.3, 0.4) is 0 Å². The molecule has 0 saturated heterocycles. The summed E-state index contributed by atoms with van der Waals surface area (Å²) in [6.07, 6.45) is 7.05. The molecule has 0 aromatic heterocycles. The largest absolute Gasteiger partial charge is 0.487 e. The van der Waals surface area contributed by atoms with Gasteiger partial charge in [-0.3, -0.25) is 0 Å². The van der Waals surface area contributed by atoms with Gasteiger partial charge in [0.25, 0.3) is 0 Å². The fourth-order valence-electron chi connectivity index (χ4n) is 2.53. The van der Waals surface area contributed by atoms with Crippen LogP contribution in [0.4, 0.5) is 4.39 Å². The van der Waals surface area contributed by atoms with E-state index in [0.29, 0.717) is 5.75 Å². The van der Waals surface area contributed by atoms with Crippen molar-refractivity contribution in [2.45, 2.75) is 57.6 Å². The third kappa shape index (κ3) is 3.22. The van der Waals surface area contributed by atoms with Crippen molar-refractivity contribution >= 4 is 0 Å². The van der Waals surface area contributed by atoms with Gasteiger partial charge in [-0.25, -0.2) is 4.39 Å². The summed E-state index contributed by atoms with van der Waals surface area (Å²) in [5.74, 6) is 0.0634. The van der Waals surface area contributed by atoms with Gasteiger partial charge < -0.3 is 10.5 Å². The van der Waals surface area contributed by atoms with Crippen LogP contribution in [0.15, 0.2) is 18.2 Å². The van der Waals surface area contributed by atoms with Crippen LogP contribution in [0.25, 0.3) is 0 Å². The minimum Gasteiger partial charge on any atom is -0.487 e. The van der Waals surface area contributed by atoms with Crippen molar-refractivity contribution in [3.8, 4) is 5.75 Å². The van der Waals surface area contributed by atoms with Gasteiger partial charge in [-0.15, -0.1) is 0 Å². The van der Waals surface area contributed by atoms with E-state index in [4.69, 9.17) is 10.5 Å². The summed E-state index contributed by atoms with van der Waals surface area (Å²) in [5.41, 5.74) is 6.64. The van der Waals surface area contributed by atoms with Gasteiger partial charge in [0.15, 0.2) is 11.6 Å². The molecule has 0 heterocycles. The van der Waals surface area contributed by atoms with Crippen molar-refractivity contribution < 1.29 is 9.13 Å². The van der Waals surface area contributed by atoms with Crippen LogP contribution >= 0.6 is 0 Å². The standard InChI is InChI=1S/C15H22FNO/c1-11(17)13-9-6-10-14(16)15(13)18-12-7-4-2-3-5-8-12/h6,9-12H,2-5,7-8,17H2,1H3. The molecule has 2 rings (SSSR count). The van der Waals surface area contributed by atoms with Crippen molar-refractivity contribution in [2.75, 3.05) is 0 Å². The number of nitrogens with two attached hydrogens (primary N) is 1. The second kappa shape index (κ2) is 6.19. The van der Waals surface area contributed by atoms with Crippen LogP contribution in [-0.2, 0) is 0 Å². The Kier molecular flexibility index (Phi) is 4.59. The van der Waals surface area contributed by atoms with E-state index >= 15 is 0 Å². The molecule has 0 bridgehead atoms. The molecule has 1 aliphatic rings. The van der Waals surface area contributed by atoms with Crippen molar-refractivity contribution in [3.63, 3.8) is 0 Å². The quantitative estimate of drug-likeness (QED) is 0.826. The zero-order valence-corrected chi connectivity index (χ0v) is 11.0. The van der Waals surface area contributed by atoms with E-state index in [0.717, 1.165) is 18.4 Å². The predicted octanol–water partition coefficient (Wildman–Crippen LogP) is 3.95. The van der Waals surface area contributed by atoms with Gasteiger partial charge >= 0.3 is 0 Å². The van der Waals surface area contributed by atoms with E-state index in [1.165, 1.54) is 31.7 Å². The highest BCUT2D eigenvalue weighted by Crippen LogP contribution is 2.30. The molecule has 100 valence electrons. The summed E-state index contributed by atoms with van der Waals surface area (Å²) in [4.78, 5) is 0. The summed E-state index contributed by atoms with van der Waals surface area (Å²) in [7, 11) is 0. The van der Waals surface area contributed by atoms with Crippen LogP contribution < -0.4 is 10.5 Å². The maximum atomic E-state index is 13.9. The molecule has 2 N–H and O–H groups in total. The van der Waals surface area contributed by atoms with Gasteiger partial charge in [-0.05, 0) is 38.7 Å². The molecular weight excluding hydrogens is 229 g/mol. The van der Waals surface area contributed by atoms with Gasteiger partial charge in [0.2, 0.25) is 0 Å². The summed E-state index contributed by atoms with van der Waals surface area (Å²) < 4.78 is 19.8. The highest BCUT2D eigenvalue weighted by atomic mass is 19.1. The molecule has 18 heavy (non-hydrogen) atoms. The number of ether oxygens (including phenoxy) is 1. The third-order valence-electron chi connectivity index (χ3n) is 3.57. The Labute approximate surface area is 108 Å². The van der Waals surface area contributed by atoms with Crippen molar-refractivity contribution in [3.05, 3.63) is 29.6 Å². The molecule has 1 aromatic carbocycles. The molecule has 1 fully saturated rings. The Hall–Kier alpha value is -1.09. The van der Waals surface area contributed by atoms with Gasteiger partial charge in [-0.2, -0.15) is 0 Å². The first-order valence-electron chi connectivity index (χ1n) is 6.89.